The Hall–Kier alpha value is -1.54. The highest BCUT2D eigenvalue weighted by atomic mass is 16.5. The van der Waals surface area contributed by atoms with Crippen molar-refractivity contribution in [3.63, 3.8) is 0 Å². The number of aryl methyl sites for hydroxylation is 1. The molecule has 1 aromatic rings. The number of ether oxygens (including phenoxy) is 1. The Kier molecular flexibility index (Phi) is 4.46. The van der Waals surface area contributed by atoms with Crippen LogP contribution in [-0.4, -0.2) is 69.9 Å². The SMILES string of the molecule is Cc1nnn(C23CC4CC(CC(C(=O)NCC(C)N5CCOCC5)(C4)C2)C3)n1. The van der Waals surface area contributed by atoms with E-state index in [2.05, 4.69) is 32.6 Å². The van der Waals surface area contributed by atoms with Gasteiger partial charge < -0.3 is 10.1 Å². The molecule has 2 heterocycles. The first-order valence-electron chi connectivity index (χ1n) is 10.9. The average Bonchev–Trinajstić information content (AvgIpc) is 3.13. The van der Waals surface area contributed by atoms with Gasteiger partial charge in [-0.05, 0) is 69.4 Å². The van der Waals surface area contributed by atoms with E-state index < -0.39 is 0 Å². The topological polar surface area (TPSA) is 85.2 Å². The minimum atomic E-state index is -0.254. The number of amides is 1. The van der Waals surface area contributed by atoms with Crippen molar-refractivity contribution in [1.82, 2.24) is 30.4 Å². The molecule has 5 fully saturated rings. The van der Waals surface area contributed by atoms with Crippen LogP contribution in [0.5, 0.6) is 0 Å². The molecule has 0 spiro atoms. The van der Waals surface area contributed by atoms with E-state index in [0.29, 0.717) is 30.2 Å². The number of hydrogen-bond acceptors (Lipinski definition) is 6. The number of carbonyl (C=O) groups excluding carboxylic acids is 1. The molecule has 1 aliphatic heterocycles. The van der Waals surface area contributed by atoms with Crippen molar-refractivity contribution in [3.05, 3.63) is 5.82 Å². The van der Waals surface area contributed by atoms with Crippen LogP contribution in [0.2, 0.25) is 0 Å². The number of aromatic nitrogens is 4. The van der Waals surface area contributed by atoms with Crippen molar-refractivity contribution in [2.75, 3.05) is 32.8 Å². The first kappa shape index (κ1) is 18.5. The molecule has 3 unspecified atom stereocenters. The van der Waals surface area contributed by atoms with E-state index in [-0.39, 0.29) is 16.9 Å². The van der Waals surface area contributed by atoms with Crippen molar-refractivity contribution in [1.29, 1.82) is 0 Å². The molecular weight excluding hydrogens is 356 g/mol. The predicted molar refractivity (Wildman–Crippen MR) is 103 cm³/mol. The quantitative estimate of drug-likeness (QED) is 0.813. The van der Waals surface area contributed by atoms with Gasteiger partial charge in [-0.25, -0.2) is 0 Å². The minimum absolute atomic E-state index is 0.113. The van der Waals surface area contributed by atoms with E-state index >= 15 is 0 Å². The van der Waals surface area contributed by atoms with Gasteiger partial charge in [0.25, 0.3) is 0 Å². The molecule has 1 saturated heterocycles. The van der Waals surface area contributed by atoms with E-state index in [1.807, 2.05) is 11.7 Å². The summed E-state index contributed by atoms with van der Waals surface area (Å²) in [6.07, 6.45) is 6.36. The van der Waals surface area contributed by atoms with Crippen molar-refractivity contribution < 1.29 is 9.53 Å². The van der Waals surface area contributed by atoms with Crippen molar-refractivity contribution in [3.8, 4) is 0 Å². The van der Waals surface area contributed by atoms with Crippen LogP contribution in [0.4, 0.5) is 0 Å². The molecule has 4 bridgehead atoms. The molecule has 0 aromatic carbocycles. The van der Waals surface area contributed by atoms with Gasteiger partial charge in [-0.1, -0.05) is 0 Å². The van der Waals surface area contributed by atoms with Gasteiger partial charge >= 0.3 is 0 Å². The Morgan fingerprint density at radius 3 is 2.61 bits per heavy atom. The summed E-state index contributed by atoms with van der Waals surface area (Å²) in [6.45, 7) is 8.29. The molecule has 4 saturated carbocycles. The van der Waals surface area contributed by atoms with Gasteiger partial charge in [0.05, 0.1) is 24.2 Å². The molecule has 6 rings (SSSR count). The summed E-state index contributed by atoms with van der Waals surface area (Å²) in [7, 11) is 0. The second kappa shape index (κ2) is 6.76. The summed E-state index contributed by atoms with van der Waals surface area (Å²) in [5, 5.41) is 16.4. The lowest BCUT2D eigenvalue weighted by Crippen LogP contribution is -2.62. The number of carbonyl (C=O) groups is 1. The third-order valence-corrected chi connectivity index (χ3v) is 7.68. The summed E-state index contributed by atoms with van der Waals surface area (Å²) >= 11 is 0. The van der Waals surface area contributed by atoms with Crippen molar-refractivity contribution >= 4 is 5.91 Å². The Labute approximate surface area is 166 Å². The molecule has 154 valence electrons. The summed E-state index contributed by atoms with van der Waals surface area (Å²) in [5.74, 6) is 2.18. The highest BCUT2D eigenvalue weighted by molar-refractivity contribution is 5.83. The zero-order valence-corrected chi connectivity index (χ0v) is 17.1. The zero-order valence-electron chi connectivity index (χ0n) is 17.1. The van der Waals surface area contributed by atoms with Crippen LogP contribution in [0.25, 0.3) is 0 Å². The van der Waals surface area contributed by atoms with E-state index in [4.69, 9.17) is 4.74 Å². The molecular formula is C20H32N6O2. The van der Waals surface area contributed by atoms with E-state index in [1.165, 1.54) is 6.42 Å². The normalized spacial score (nSPS) is 38.5. The number of rotatable bonds is 5. The Morgan fingerprint density at radius 2 is 1.96 bits per heavy atom. The average molecular weight is 389 g/mol. The van der Waals surface area contributed by atoms with Gasteiger partial charge in [0.1, 0.15) is 0 Å². The smallest absolute Gasteiger partial charge is 0.226 e. The fourth-order valence-corrected chi connectivity index (χ4v) is 6.77. The molecule has 1 amide bonds. The van der Waals surface area contributed by atoms with Gasteiger partial charge in [0.15, 0.2) is 5.82 Å². The maximum Gasteiger partial charge on any atom is 0.226 e. The van der Waals surface area contributed by atoms with Crippen LogP contribution in [0.1, 0.15) is 51.3 Å². The molecule has 5 aliphatic rings. The summed E-state index contributed by atoms with van der Waals surface area (Å²) in [6, 6.07) is 0.343. The van der Waals surface area contributed by atoms with Crippen LogP contribution < -0.4 is 5.32 Å². The lowest BCUT2D eigenvalue weighted by Gasteiger charge is -2.60. The maximum atomic E-state index is 13.4. The van der Waals surface area contributed by atoms with Crippen molar-refractivity contribution in [2.45, 2.75) is 64.0 Å². The van der Waals surface area contributed by atoms with Gasteiger partial charge in [0.2, 0.25) is 5.91 Å². The number of nitrogens with zero attached hydrogens (tertiary/aromatic N) is 5. The molecule has 0 radical (unpaired) electrons. The molecule has 4 aliphatic carbocycles. The van der Waals surface area contributed by atoms with E-state index in [1.54, 1.807) is 0 Å². The van der Waals surface area contributed by atoms with Gasteiger partial charge in [-0.3, -0.25) is 9.69 Å². The molecule has 1 aromatic heterocycles. The molecule has 28 heavy (non-hydrogen) atoms. The van der Waals surface area contributed by atoms with E-state index in [0.717, 1.165) is 58.4 Å². The molecule has 8 nitrogen and oxygen atoms in total. The number of morpholine rings is 1. The van der Waals surface area contributed by atoms with Gasteiger partial charge in [-0.15, -0.1) is 10.2 Å². The molecule has 8 heteroatoms. The first-order valence-corrected chi connectivity index (χ1v) is 10.9. The Balaban J connectivity index is 1.31. The monoisotopic (exact) mass is 388 g/mol. The number of hydrogen-bond donors (Lipinski definition) is 1. The lowest BCUT2D eigenvalue weighted by molar-refractivity contribution is -0.157. The minimum Gasteiger partial charge on any atom is -0.379 e. The largest absolute Gasteiger partial charge is 0.379 e. The second-order valence-corrected chi connectivity index (χ2v) is 9.80. The van der Waals surface area contributed by atoms with Crippen LogP contribution in [-0.2, 0) is 15.1 Å². The lowest BCUT2D eigenvalue weighted by atomic mass is 9.46. The Morgan fingerprint density at radius 1 is 1.25 bits per heavy atom. The number of nitrogens with one attached hydrogen (secondary N) is 1. The predicted octanol–water partition coefficient (Wildman–Crippen LogP) is 1.11. The van der Waals surface area contributed by atoms with Crippen LogP contribution in [0.3, 0.4) is 0 Å². The van der Waals surface area contributed by atoms with Crippen LogP contribution in [0, 0.1) is 24.2 Å². The second-order valence-electron chi connectivity index (χ2n) is 9.80. The van der Waals surface area contributed by atoms with Gasteiger partial charge in [-0.2, -0.15) is 4.80 Å². The maximum absolute atomic E-state index is 13.4. The highest BCUT2D eigenvalue weighted by Gasteiger charge is 2.62. The third-order valence-electron chi connectivity index (χ3n) is 7.68. The standard InChI is InChI=1S/C20H32N6O2/c1-14(25-3-5-28-6-4-25)12-21-18(27)19-8-16-7-17(9-19)11-20(10-16,13-19)26-23-15(2)22-24-26/h14,16-17H,3-13H2,1-2H3,(H,21,27). The molecule has 3 atom stereocenters. The number of tetrazole rings is 1. The first-order chi connectivity index (χ1) is 13.5. The highest BCUT2D eigenvalue weighted by Crippen LogP contribution is 2.63. The summed E-state index contributed by atoms with van der Waals surface area (Å²) < 4.78 is 5.45. The fourth-order valence-electron chi connectivity index (χ4n) is 6.77. The molecule has 1 N–H and O–H groups in total. The third kappa shape index (κ3) is 3.05. The van der Waals surface area contributed by atoms with Crippen molar-refractivity contribution in [2.24, 2.45) is 17.3 Å². The summed E-state index contributed by atoms with van der Waals surface area (Å²) in [4.78, 5) is 17.7. The van der Waals surface area contributed by atoms with Gasteiger partial charge in [0, 0.05) is 25.7 Å². The summed E-state index contributed by atoms with van der Waals surface area (Å²) in [5.41, 5.74) is -0.366. The van der Waals surface area contributed by atoms with Crippen LogP contribution in [0.15, 0.2) is 0 Å². The zero-order chi connectivity index (χ0) is 19.4. The van der Waals surface area contributed by atoms with E-state index in [9.17, 15) is 4.79 Å². The fraction of sp³-hybridized carbons (Fsp3) is 0.900. The Bertz CT molecular complexity index is 729. The van der Waals surface area contributed by atoms with Crippen LogP contribution >= 0.6 is 0 Å².